The van der Waals surface area contributed by atoms with Crippen LogP contribution >= 0.6 is 0 Å². The van der Waals surface area contributed by atoms with Gasteiger partial charge in [0, 0.05) is 48.7 Å². The lowest BCUT2D eigenvalue weighted by atomic mass is 9.69. The molecule has 1 atom stereocenters. The molecule has 0 amide bonds. The number of fused-ring (bicyclic) bond motifs is 1. The van der Waals surface area contributed by atoms with E-state index in [0.717, 1.165) is 22.3 Å². The van der Waals surface area contributed by atoms with E-state index in [1.165, 1.54) is 10.8 Å². The highest BCUT2D eigenvalue weighted by atomic mass is 14.8. The Morgan fingerprint density at radius 3 is 2.61 bits per heavy atom. The molecule has 0 saturated heterocycles. The summed E-state index contributed by atoms with van der Waals surface area (Å²) in [5.41, 5.74) is 16.4. The van der Waals surface area contributed by atoms with Gasteiger partial charge in [-0.1, -0.05) is 49.2 Å². The molecule has 0 spiro atoms. The zero-order valence-corrected chi connectivity index (χ0v) is 16.7. The number of benzene rings is 2. The van der Waals surface area contributed by atoms with Crippen molar-refractivity contribution in [3.8, 4) is 0 Å². The van der Waals surface area contributed by atoms with Gasteiger partial charge in [-0.05, 0) is 34.7 Å². The van der Waals surface area contributed by atoms with Crippen LogP contribution in [0.2, 0.25) is 6.82 Å². The standard InChI is InChI=1S/C13H18BN2.C10H10N2/c1-4-10(8-15)11-5-6-12(9(2)16)13(7-11)14-3;1-11-10-3-2-9-7-12-5-4-8(9)6-10/h4-7,10H,1-2,8,15-16H2,3H3;2-7,11H,1H3. The fourth-order valence-corrected chi connectivity index (χ4v) is 2.95. The monoisotopic (exact) mass is 371 g/mol. The van der Waals surface area contributed by atoms with Crippen LogP contribution in [0.15, 0.2) is 74.1 Å². The van der Waals surface area contributed by atoms with Gasteiger partial charge in [0.2, 0.25) is 0 Å². The summed E-state index contributed by atoms with van der Waals surface area (Å²) in [5, 5.41) is 5.50. The average Bonchev–Trinajstić information content (AvgIpc) is 2.74. The zero-order chi connectivity index (χ0) is 20.5. The lowest BCUT2D eigenvalue weighted by Crippen LogP contribution is -2.21. The van der Waals surface area contributed by atoms with E-state index >= 15 is 0 Å². The number of rotatable bonds is 6. The van der Waals surface area contributed by atoms with E-state index in [1.54, 1.807) is 0 Å². The Hall–Kier alpha value is -3.05. The predicted molar refractivity (Wildman–Crippen MR) is 124 cm³/mol. The quantitative estimate of drug-likeness (QED) is 0.458. The maximum Gasteiger partial charge on any atom is 0.149 e. The maximum absolute atomic E-state index is 5.72. The highest BCUT2D eigenvalue weighted by molar-refractivity contribution is 6.53. The molecule has 28 heavy (non-hydrogen) atoms. The van der Waals surface area contributed by atoms with Crippen molar-refractivity contribution in [1.29, 1.82) is 0 Å². The van der Waals surface area contributed by atoms with Crippen LogP contribution in [0.5, 0.6) is 0 Å². The fourth-order valence-electron chi connectivity index (χ4n) is 2.95. The molecule has 1 unspecified atom stereocenters. The molecule has 3 aromatic rings. The van der Waals surface area contributed by atoms with Crippen LogP contribution in [0.3, 0.4) is 0 Å². The molecule has 0 aliphatic rings. The molecular weight excluding hydrogens is 343 g/mol. The van der Waals surface area contributed by atoms with Gasteiger partial charge in [0.1, 0.15) is 7.28 Å². The van der Waals surface area contributed by atoms with Crippen LogP contribution in [0.1, 0.15) is 17.0 Å². The van der Waals surface area contributed by atoms with E-state index in [0.29, 0.717) is 12.2 Å². The highest BCUT2D eigenvalue weighted by Crippen LogP contribution is 2.17. The summed E-state index contributed by atoms with van der Waals surface area (Å²) in [6.45, 7) is 10.1. The molecule has 5 N–H and O–H groups in total. The van der Waals surface area contributed by atoms with Gasteiger partial charge in [-0.25, -0.2) is 0 Å². The van der Waals surface area contributed by atoms with Gasteiger partial charge in [-0.2, -0.15) is 0 Å². The van der Waals surface area contributed by atoms with Crippen molar-refractivity contribution in [2.45, 2.75) is 12.7 Å². The Kier molecular flexibility index (Phi) is 7.84. The van der Waals surface area contributed by atoms with Crippen molar-refractivity contribution < 1.29 is 0 Å². The molecule has 5 heteroatoms. The lowest BCUT2D eigenvalue weighted by Gasteiger charge is -2.14. The van der Waals surface area contributed by atoms with Crippen LogP contribution in [-0.2, 0) is 0 Å². The Balaban J connectivity index is 0.000000207. The normalized spacial score (nSPS) is 11.1. The van der Waals surface area contributed by atoms with Crippen molar-refractivity contribution in [3.05, 3.63) is 85.2 Å². The Bertz CT molecular complexity index is 952. The number of hydrogen-bond acceptors (Lipinski definition) is 4. The van der Waals surface area contributed by atoms with Crippen LogP contribution in [0, 0.1) is 0 Å². The molecule has 0 saturated carbocycles. The third-order valence-corrected chi connectivity index (χ3v) is 4.63. The van der Waals surface area contributed by atoms with Crippen molar-refractivity contribution in [1.82, 2.24) is 4.98 Å². The van der Waals surface area contributed by atoms with Crippen molar-refractivity contribution in [3.63, 3.8) is 0 Å². The first-order chi connectivity index (χ1) is 13.5. The third kappa shape index (κ3) is 5.24. The summed E-state index contributed by atoms with van der Waals surface area (Å²) < 4.78 is 0. The first-order valence-corrected chi connectivity index (χ1v) is 9.26. The van der Waals surface area contributed by atoms with E-state index in [-0.39, 0.29) is 5.92 Å². The van der Waals surface area contributed by atoms with Gasteiger partial charge >= 0.3 is 0 Å². The number of nitrogens with one attached hydrogen (secondary N) is 1. The van der Waals surface area contributed by atoms with Gasteiger partial charge in [-0.3, -0.25) is 4.98 Å². The molecule has 0 bridgehead atoms. The average molecular weight is 371 g/mol. The minimum absolute atomic E-state index is 0.193. The summed E-state index contributed by atoms with van der Waals surface area (Å²) >= 11 is 0. The summed E-state index contributed by atoms with van der Waals surface area (Å²) in [5.74, 6) is 0.193. The van der Waals surface area contributed by atoms with E-state index in [4.69, 9.17) is 11.5 Å². The minimum Gasteiger partial charge on any atom is -0.399 e. The molecule has 1 radical (unpaired) electrons. The van der Waals surface area contributed by atoms with Gasteiger partial charge in [0.05, 0.1) is 0 Å². The largest absolute Gasteiger partial charge is 0.399 e. The van der Waals surface area contributed by atoms with Crippen molar-refractivity contribution in [2.24, 2.45) is 11.5 Å². The van der Waals surface area contributed by atoms with Crippen LogP contribution in [0.4, 0.5) is 5.69 Å². The summed E-state index contributed by atoms with van der Waals surface area (Å²) in [6.07, 6.45) is 5.54. The number of anilines is 1. The molecule has 3 rings (SSSR count). The number of nitrogens with zero attached hydrogens (tertiary/aromatic N) is 1. The number of nitrogens with two attached hydrogens (primary N) is 2. The molecule has 1 aromatic heterocycles. The second kappa shape index (κ2) is 10.3. The number of aromatic nitrogens is 1. The molecule has 0 aliphatic heterocycles. The SMILES string of the molecule is C=CC(CN)c1ccc(C(=C)N)c([B]C)c1.CNc1ccc2cnccc2c1. The Labute approximate surface area is 168 Å². The molecule has 2 aromatic carbocycles. The molecule has 0 fully saturated rings. The first-order valence-electron chi connectivity index (χ1n) is 9.26. The number of pyridine rings is 1. The molecular formula is C23H28BN4. The maximum atomic E-state index is 5.72. The lowest BCUT2D eigenvalue weighted by molar-refractivity contribution is 0.852. The predicted octanol–water partition coefficient (Wildman–Crippen LogP) is 3.50. The molecule has 0 aliphatic carbocycles. The summed E-state index contributed by atoms with van der Waals surface area (Å²) in [4.78, 5) is 4.05. The van der Waals surface area contributed by atoms with E-state index in [2.05, 4.69) is 41.7 Å². The van der Waals surface area contributed by atoms with Gasteiger partial charge < -0.3 is 16.8 Å². The minimum atomic E-state index is 0.193. The molecule has 1 heterocycles. The van der Waals surface area contributed by atoms with Crippen LogP contribution in [0.25, 0.3) is 16.5 Å². The van der Waals surface area contributed by atoms with Gasteiger partial charge in [0.15, 0.2) is 0 Å². The Morgan fingerprint density at radius 2 is 2.00 bits per heavy atom. The van der Waals surface area contributed by atoms with Crippen LogP contribution < -0.4 is 22.2 Å². The number of hydrogen-bond donors (Lipinski definition) is 3. The molecule has 143 valence electrons. The third-order valence-electron chi connectivity index (χ3n) is 4.63. The van der Waals surface area contributed by atoms with Gasteiger partial charge in [-0.15, -0.1) is 6.58 Å². The smallest absolute Gasteiger partial charge is 0.149 e. The van der Waals surface area contributed by atoms with Crippen molar-refractivity contribution in [2.75, 3.05) is 18.9 Å². The van der Waals surface area contributed by atoms with E-state index in [9.17, 15) is 0 Å². The summed E-state index contributed by atoms with van der Waals surface area (Å²) in [7, 11) is 3.94. The van der Waals surface area contributed by atoms with Crippen LogP contribution in [-0.4, -0.2) is 25.9 Å². The highest BCUT2D eigenvalue weighted by Gasteiger charge is 2.09. The summed E-state index contributed by atoms with van der Waals surface area (Å²) in [6, 6.07) is 14.3. The second-order valence-electron chi connectivity index (χ2n) is 6.43. The van der Waals surface area contributed by atoms with E-state index in [1.807, 2.05) is 63.9 Å². The molecule has 4 nitrogen and oxygen atoms in total. The van der Waals surface area contributed by atoms with Gasteiger partial charge in [0.25, 0.3) is 0 Å². The topological polar surface area (TPSA) is 77.0 Å². The van der Waals surface area contributed by atoms with E-state index < -0.39 is 0 Å². The second-order valence-corrected chi connectivity index (χ2v) is 6.43. The first kappa shape index (κ1) is 21.3. The zero-order valence-electron chi connectivity index (χ0n) is 16.7. The fraction of sp³-hybridized carbons (Fsp3) is 0.174. The van der Waals surface area contributed by atoms with Crippen molar-refractivity contribution >= 4 is 34.9 Å². The Morgan fingerprint density at radius 1 is 1.21 bits per heavy atom.